The lowest BCUT2D eigenvalue weighted by Gasteiger charge is -2.11. The summed E-state index contributed by atoms with van der Waals surface area (Å²) < 4.78 is 11.1. The van der Waals surface area contributed by atoms with Crippen molar-refractivity contribution in [3.05, 3.63) is 54.1 Å². The van der Waals surface area contributed by atoms with Gasteiger partial charge in [0.25, 0.3) is 0 Å². The smallest absolute Gasteiger partial charge is 0.220 e. The van der Waals surface area contributed by atoms with E-state index in [1.807, 2.05) is 48.5 Å². The second kappa shape index (κ2) is 10.8. The summed E-state index contributed by atoms with van der Waals surface area (Å²) in [5.41, 5.74) is 1.05. The standard InChI is InChI=1S/C21H26N2O3.ClH/c1-25-19-4-2-3-5-20(19)26-18-9-6-16(7-10-18)15-23-21(24)11-8-17-12-13-22-14-17;/h2-7,9-10,17,22H,8,11-15H2,1H3,(H,23,24);1H. The first-order valence-electron chi connectivity index (χ1n) is 9.12. The molecule has 0 aromatic heterocycles. The molecule has 1 fully saturated rings. The number of para-hydroxylation sites is 2. The van der Waals surface area contributed by atoms with Crippen LogP contribution >= 0.6 is 12.4 Å². The molecule has 0 radical (unpaired) electrons. The fourth-order valence-corrected chi connectivity index (χ4v) is 3.09. The summed E-state index contributed by atoms with van der Waals surface area (Å²) in [6.45, 7) is 2.66. The van der Waals surface area contributed by atoms with Crippen LogP contribution in [0.15, 0.2) is 48.5 Å². The minimum absolute atomic E-state index is 0. The Morgan fingerprint density at radius 1 is 1.15 bits per heavy atom. The van der Waals surface area contributed by atoms with Crippen molar-refractivity contribution >= 4 is 18.3 Å². The molecule has 0 bridgehead atoms. The Labute approximate surface area is 166 Å². The molecule has 146 valence electrons. The SMILES string of the molecule is COc1ccccc1Oc1ccc(CNC(=O)CCC2CCNC2)cc1.Cl. The molecule has 0 aliphatic carbocycles. The number of rotatable bonds is 8. The molecular formula is C21H27ClN2O3. The van der Waals surface area contributed by atoms with E-state index >= 15 is 0 Å². The largest absolute Gasteiger partial charge is 0.493 e. The maximum atomic E-state index is 12.0. The van der Waals surface area contributed by atoms with Gasteiger partial charge in [-0.15, -0.1) is 12.4 Å². The molecule has 3 rings (SSSR count). The lowest BCUT2D eigenvalue weighted by molar-refractivity contribution is -0.121. The molecule has 5 nitrogen and oxygen atoms in total. The summed E-state index contributed by atoms with van der Waals surface area (Å²) in [5.74, 6) is 2.87. The summed E-state index contributed by atoms with van der Waals surface area (Å²) in [6.07, 6.45) is 2.74. The van der Waals surface area contributed by atoms with E-state index in [4.69, 9.17) is 9.47 Å². The first-order valence-corrected chi connectivity index (χ1v) is 9.12. The number of benzene rings is 2. The lowest BCUT2D eigenvalue weighted by Crippen LogP contribution is -2.23. The number of carbonyl (C=O) groups is 1. The third kappa shape index (κ3) is 6.45. The maximum Gasteiger partial charge on any atom is 0.220 e. The van der Waals surface area contributed by atoms with Crippen LogP contribution in [0.25, 0.3) is 0 Å². The van der Waals surface area contributed by atoms with Crippen molar-refractivity contribution in [1.29, 1.82) is 0 Å². The second-order valence-corrected chi connectivity index (χ2v) is 6.57. The highest BCUT2D eigenvalue weighted by molar-refractivity contribution is 5.85. The molecule has 0 spiro atoms. The molecule has 1 amide bonds. The van der Waals surface area contributed by atoms with Crippen molar-refractivity contribution in [3.63, 3.8) is 0 Å². The van der Waals surface area contributed by atoms with Crippen LogP contribution < -0.4 is 20.1 Å². The summed E-state index contributed by atoms with van der Waals surface area (Å²) in [4.78, 5) is 12.0. The fraction of sp³-hybridized carbons (Fsp3) is 0.381. The molecule has 27 heavy (non-hydrogen) atoms. The number of amides is 1. The number of hydrogen-bond donors (Lipinski definition) is 2. The van der Waals surface area contributed by atoms with Gasteiger partial charge in [-0.1, -0.05) is 24.3 Å². The maximum absolute atomic E-state index is 12.0. The third-order valence-electron chi connectivity index (χ3n) is 4.65. The third-order valence-corrected chi connectivity index (χ3v) is 4.65. The van der Waals surface area contributed by atoms with Gasteiger partial charge in [0, 0.05) is 13.0 Å². The zero-order valence-corrected chi connectivity index (χ0v) is 16.4. The topological polar surface area (TPSA) is 59.6 Å². The lowest BCUT2D eigenvalue weighted by atomic mass is 10.0. The van der Waals surface area contributed by atoms with Gasteiger partial charge < -0.3 is 20.1 Å². The molecule has 1 unspecified atom stereocenters. The Kier molecular flexibility index (Phi) is 8.43. The summed E-state index contributed by atoms with van der Waals surface area (Å²) >= 11 is 0. The van der Waals surface area contributed by atoms with Gasteiger partial charge in [-0.25, -0.2) is 0 Å². The molecular weight excluding hydrogens is 364 g/mol. The van der Waals surface area contributed by atoms with Crippen molar-refractivity contribution in [2.45, 2.75) is 25.8 Å². The van der Waals surface area contributed by atoms with E-state index in [0.717, 1.165) is 30.8 Å². The van der Waals surface area contributed by atoms with Gasteiger partial charge in [-0.2, -0.15) is 0 Å². The number of ether oxygens (including phenoxy) is 2. The molecule has 1 aliphatic rings. The molecule has 6 heteroatoms. The highest BCUT2D eigenvalue weighted by Gasteiger charge is 2.15. The van der Waals surface area contributed by atoms with Crippen molar-refractivity contribution in [1.82, 2.24) is 10.6 Å². The zero-order valence-electron chi connectivity index (χ0n) is 15.6. The van der Waals surface area contributed by atoms with Gasteiger partial charge in [0.05, 0.1) is 7.11 Å². The van der Waals surface area contributed by atoms with E-state index in [1.54, 1.807) is 7.11 Å². The van der Waals surface area contributed by atoms with Crippen molar-refractivity contribution in [2.24, 2.45) is 5.92 Å². The number of carbonyl (C=O) groups excluding carboxylic acids is 1. The quantitative estimate of drug-likeness (QED) is 0.717. The van der Waals surface area contributed by atoms with E-state index in [9.17, 15) is 4.79 Å². The molecule has 1 saturated heterocycles. The van der Waals surface area contributed by atoms with Gasteiger partial charge in [0.15, 0.2) is 11.5 Å². The molecule has 2 aromatic rings. The van der Waals surface area contributed by atoms with Gasteiger partial charge in [-0.3, -0.25) is 4.79 Å². The van der Waals surface area contributed by atoms with Crippen LogP contribution in [0.3, 0.4) is 0 Å². The van der Waals surface area contributed by atoms with Gasteiger partial charge in [0.1, 0.15) is 5.75 Å². The minimum Gasteiger partial charge on any atom is -0.493 e. The predicted octanol–water partition coefficient (Wildman–Crippen LogP) is 3.92. The molecule has 1 atom stereocenters. The van der Waals surface area contributed by atoms with Crippen molar-refractivity contribution in [3.8, 4) is 17.2 Å². The number of halogens is 1. The van der Waals surface area contributed by atoms with Crippen LogP contribution in [-0.2, 0) is 11.3 Å². The highest BCUT2D eigenvalue weighted by Crippen LogP contribution is 2.30. The Bertz CT molecular complexity index is 716. The van der Waals surface area contributed by atoms with Gasteiger partial charge in [-0.05, 0) is 61.7 Å². The molecule has 1 aliphatic heterocycles. The first-order chi connectivity index (χ1) is 12.7. The van der Waals surface area contributed by atoms with E-state index < -0.39 is 0 Å². The van der Waals surface area contributed by atoms with E-state index in [2.05, 4.69) is 10.6 Å². The van der Waals surface area contributed by atoms with E-state index in [0.29, 0.717) is 30.4 Å². The first kappa shape index (κ1) is 21.1. The average Bonchev–Trinajstić information content (AvgIpc) is 3.20. The van der Waals surface area contributed by atoms with E-state index in [-0.39, 0.29) is 18.3 Å². The van der Waals surface area contributed by atoms with E-state index in [1.165, 1.54) is 6.42 Å². The van der Waals surface area contributed by atoms with Crippen molar-refractivity contribution < 1.29 is 14.3 Å². The normalized spacial score (nSPS) is 15.7. The van der Waals surface area contributed by atoms with Crippen LogP contribution in [0.1, 0.15) is 24.8 Å². The average molecular weight is 391 g/mol. The van der Waals surface area contributed by atoms with Crippen LogP contribution in [0, 0.1) is 5.92 Å². The second-order valence-electron chi connectivity index (χ2n) is 6.57. The fourth-order valence-electron chi connectivity index (χ4n) is 3.09. The Hall–Kier alpha value is -2.24. The van der Waals surface area contributed by atoms with Crippen LogP contribution in [-0.4, -0.2) is 26.1 Å². The highest BCUT2D eigenvalue weighted by atomic mass is 35.5. The monoisotopic (exact) mass is 390 g/mol. The van der Waals surface area contributed by atoms with Gasteiger partial charge >= 0.3 is 0 Å². The summed E-state index contributed by atoms with van der Waals surface area (Å²) in [6, 6.07) is 15.3. The molecule has 0 saturated carbocycles. The van der Waals surface area contributed by atoms with Crippen LogP contribution in [0.4, 0.5) is 0 Å². The van der Waals surface area contributed by atoms with Crippen molar-refractivity contribution in [2.75, 3.05) is 20.2 Å². The molecule has 2 N–H and O–H groups in total. The number of methoxy groups -OCH3 is 1. The summed E-state index contributed by atoms with van der Waals surface area (Å²) in [7, 11) is 1.62. The number of hydrogen-bond acceptors (Lipinski definition) is 4. The Morgan fingerprint density at radius 3 is 2.56 bits per heavy atom. The number of nitrogens with one attached hydrogen (secondary N) is 2. The molecule has 2 aromatic carbocycles. The van der Waals surface area contributed by atoms with Crippen LogP contribution in [0.5, 0.6) is 17.2 Å². The zero-order chi connectivity index (χ0) is 18.2. The minimum atomic E-state index is 0. The Balaban J connectivity index is 0.00000261. The molecule has 1 heterocycles. The van der Waals surface area contributed by atoms with Gasteiger partial charge in [0.2, 0.25) is 5.91 Å². The van der Waals surface area contributed by atoms with Crippen LogP contribution in [0.2, 0.25) is 0 Å². The summed E-state index contributed by atoms with van der Waals surface area (Å²) in [5, 5.41) is 6.32. The Morgan fingerprint density at radius 2 is 1.89 bits per heavy atom. The predicted molar refractivity (Wildman–Crippen MR) is 109 cm³/mol.